The molecule has 0 amide bonds. The first-order valence-electron chi connectivity index (χ1n) is 10.2. The van der Waals surface area contributed by atoms with E-state index in [0.717, 1.165) is 49.9 Å². The summed E-state index contributed by atoms with van der Waals surface area (Å²) in [6, 6.07) is 15.6. The number of halogens is 1. The van der Waals surface area contributed by atoms with Crippen molar-refractivity contribution in [1.29, 1.82) is 0 Å². The first-order valence-corrected chi connectivity index (χ1v) is 10.2. The van der Waals surface area contributed by atoms with Gasteiger partial charge in [-0.25, -0.2) is 4.39 Å². The molecule has 3 heteroatoms. The molecule has 1 aliphatic carbocycles. The molecule has 2 unspecified atom stereocenters. The largest absolute Gasteiger partial charge is 0.389 e. The molecule has 0 heterocycles. The Bertz CT molecular complexity index is 730. The standard InChI is InChI=1S/C24H32FNO/c1-18(2)23-22-11-10-21(25)17-20(22)12-13-24(23,27)14-16-26-15-6-9-19-7-4-3-5-8-19/h3-5,7-8,10-11,17-18,23,26-27H,6,9,12-16H2,1-2H3. The summed E-state index contributed by atoms with van der Waals surface area (Å²) in [5, 5.41) is 14.9. The zero-order valence-electron chi connectivity index (χ0n) is 16.5. The maximum Gasteiger partial charge on any atom is 0.123 e. The lowest BCUT2D eigenvalue weighted by molar-refractivity contribution is -0.0241. The Hall–Kier alpha value is -1.71. The highest BCUT2D eigenvalue weighted by Crippen LogP contribution is 2.45. The van der Waals surface area contributed by atoms with Crippen LogP contribution in [0.3, 0.4) is 0 Å². The van der Waals surface area contributed by atoms with Crippen molar-refractivity contribution in [3.05, 3.63) is 71.0 Å². The van der Waals surface area contributed by atoms with Crippen LogP contribution in [0.4, 0.5) is 4.39 Å². The molecule has 1 aliphatic rings. The number of hydrogen-bond acceptors (Lipinski definition) is 2. The summed E-state index contributed by atoms with van der Waals surface area (Å²) in [5.74, 6) is 0.201. The third-order valence-corrected chi connectivity index (χ3v) is 5.91. The van der Waals surface area contributed by atoms with Gasteiger partial charge in [0.15, 0.2) is 0 Å². The van der Waals surface area contributed by atoms with Crippen LogP contribution >= 0.6 is 0 Å². The SMILES string of the molecule is CC(C)C1c2ccc(F)cc2CCC1(O)CCNCCCc1ccccc1. The molecular weight excluding hydrogens is 337 g/mol. The molecule has 2 atom stereocenters. The van der Waals surface area contributed by atoms with Gasteiger partial charge in [-0.15, -0.1) is 0 Å². The van der Waals surface area contributed by atoms with Gasteiger partial charge in [-0.05, 0) is 79.9 Å². The average molecular weight is 370 g/mol. The normalized spacial score (nSPS) is 22.0. The fourth-order valence-corrected chi connectivity index (χ4v) is 4.64. The number of benzene rings is 2. The van der Waals surface area contributed by atoms with Crippen LogP contribution in [0, 0.1) is 11.7 Å². The van der Waals surface area contributed by atoms with E-state index < -0.39 is 5.60 Å². The smallest absolute Gasteiger partial charge is 0.123 e. The summed E-state index contributed by atoms with van der Waals surface area (Å²) in [6.07, 6.45) is 4.36. The Kier molecular flexibility index (Phi) is 6.67. The van der Waals surface area contributed by atoms with E-state index in [9.17, 15) is 9.50 Å². The minimum atomic E-state index is -0.717. The second-order valence-corrected chi connectivity index (χ2v) is 8.26. The van der Waals surface area contributed by atoms with Gasteiger partial charge < -0.3 is 10.4 Å². The van der Waals surface area contributed by atoms with Gasteiger partial charge in [-0.1, -0.05) is 50.2 Å². The van der Waals surface area contributed by atoms with Crippen LogP contribution < -0.4 is 5.32 Å². The lowest BCUT2D eigenvalue weighted by Crippen LogP contribution is -2.45. The van der Waals surface area contributed by atoms with E-state index >= 15 is 0 Å². The fraction of sp³-hybridized carbons (Fsp3) is 0.500. The molecule has 0 saturated carbocycles. The Morgan fingerprint density at radius 3 is 2.67 bits per heavy atom. The first-order chi connectivity index (χ1) is 13.0. The van der Waals surface area contributed by atoms with Crippen molar-refractivity contribution in [2.45, 2.75) is 57.5 Å². The van der Waals surface area contributed by atoms with Crippen molar-refractivity contribution < 1.29 is 9.50 Å². The zero-order chi connectivity index (χ0) is 19.3. The Morgan fingerprint density at radius 2 is 1.93 bits per heavy atom. The average Bonchev–Trinajstić information content (AvgIpc) is 2.65. The summed E-state index contributed by atoms with van der Waals surface area (Å²) in [6.45, 7) is 6.08. The minimum Gasteiger partial charge on any atom is -0.389 e. The predicted molar refractivity (Wildman–Crippen MR) is 109 cm³/mol. The summed E-state index contributed by atoms with van der Waals surface area (Å²) in [7, 11) is 0. The molecule has 2 N–H and O–H groups in total. The predicted octanol–water partition coefficient (Wildman–Crippen LogP) is 4.86. The molecule has 0 radical (unpaired) electrons. The number of aryl methyl sites for hydroxylation is 2. The maximum absolute atomic E-state index is 13.6. The van der Waals surface area contributed by atoms with E-state index in [1.165, 1.54) is 11.6 Å². The molecule has 0 saturated heterocycles. The summed E-state index contributed by atoms with van der Waals surface area (Å²) < 4.78 is 13.6. The Labute approximate surface area is 162 Å². The number of fused-ring (bicyclic) bond motifs is 1. The topological polar surface area (TPSA) is 32.3 Å². The van der Waals surface area contributed by atoms with Crippen molar-refractivity contribution in [3.8, 4) is 0 Å². The van der Waals surface area contributed by atoms with E-state index in [0.29, 0.717) is 12.3 Å². The van der Waals surface area contributed by atoms with Gasteiger partial charge in [0.1, 0.15) is 5.82 Å². The molecule has 0 fully saturated rings. The van der Waals surface area contributed by atoms with Crippen LogP contribution in [0.25, 0.3) is 0 Å². The fourth-order valence-electron chi connectivity index (χ4n) is 4.64. The van der Waals surface area contributed by atoms with Crippen LogP contribution in [0.1, 0.15) is 55.7 Å². The molecule has 27 heavy (non-hydrogen) atoms. The van der Waals surface area contributed by atoms with E-state index in [4.69, 9.17) is 0 Å². The highest BCUT2D eigenvalue weighted by atomic mass is 19.1. The highest BCUT2D eigenvalue weighted by molar-refractivity contribution is 5.36. The van der Waals surface area contributed by atoms with E-state index in [1.54, 1.807) is 6.07 Å². The second kappa shape index (κ2) is 8.99. The van der Waals surface area contributed by atoms with Crippen LogP contribution in [0.5, 0.6) is 0 Å². The lowest BCUT2D eigenvalue weighted by Gasteiger charge is -2.44. The third kappa shape index (κ3) is 4.97. The summed E-state index contributed by atoms with van der Waals surface area (Å²) >= 11 is 0. The molecular formula is C24H32FNO. The monoisotopic (exact) mass is 369 g/mol. The quantitative estimate of drug-likeness (QED) is 0.652. The lowest BCUT2D eigenvalue weighted by atomic mass is 9.66. The molecule has 0 bridgehead atoms. The Balaban J connectivity index is 1.53. The molecule has 0 aromatic heterocycles. The van der Waals surface area contributed by atoms with E-state index in [2.05, 4.69) is 43.4 Å². The van der Waals surface area contributed by atoms with Gasteiger partial charge in [0.25, 0.3) is 0 Å². The van der Waals surface area contributed by atoms with Crippen LogP contribution in [0.15, 0.2) is 48.5 Å². The molecule has 2 nitrogen and oxygen atoms in total. The van der Waals surface area contributed by atoms with Gasteiger partial charge in [0.2, 0.25) is 0 Å². The van der Waals surface area contributed by atoms with Crippen LogP contribution in [-0.4, -0.2) is 23.8 Å². The first kappa shape index (κ1) is 20.0. The van der Waals surface area contributed by atoms with Crippen molar-refractivity contribution >= 4 is 0 Å². The number of rotatable bonds is 8. The third-order valence-electron chi connectivity index (χ3n) is 5.91. The molecule has 3 rings (SSSR count). The second-order valence-electron chi connectivity index (χ2n) is 8.26. The van der Waals surface area contributed by atoms with Gasteiger partial charge in [0.05, 0.1) is 5.60 Å². The van der Waals surface area contributed by atoms with Gasteiger partial charge >= 0.3 is 0 Å². The minimum absolute atomic E-state index is 0.0629. The van der Waals surface area contributed by atoms with E-state index in [-0.39, 0.29) is 11.7 Å². The van der Waals surface area contributed by atoms with Crippen LogP contribution in [0.2, 0.25) is 0 Å². The van der Waals surface area contributed by atoms with Crippen molar-refractivity contribution in [2.24, 2.45) is 5.92 Å². The van der Waals surface area contributed by atoms with Crippen molar-refractivity contribution in [3.63, 3.8) is 0 Å². The number of hydrogen-bond donors (Lipinski definition) is 2. The van der Waals surface area contributed by atoms with Gasteiger partial charge in [0, 0.05) is 5.92 Å². The zero-order valence-corrected chi connectivity index (χ0v) is 16.5. The molecule has 146 valence electrons. The maximum atomic E-state index is 13.6. The number of nitrogens with one attached hydrogen (secondary N) is 1. The van der Waals surface area contributed by atoms with Gasteiger partial charge in [-0.3, -0.25) is 0 Å². The molecule has 2 aromatic rings. The van der Waals surface area contributed by atoms with Crippen molar-refractivity contribution in [2.75, 3.05) is 13.1 Å². The summed E-state index contributed by atoms with van der Waals surface area (Å²) in [4.78, 5) is 0. The molecule has 2 aromatic carbocycles. The van der Waals surface area contributed by atoms with Crippen molar-refractivity contribution in [1.82, 2.24) is 5.32 Å². The molecule has 0 spiro atoms. The number of aliphatic hydroxyl groups is 1. The van der Waals surface area contributed by atoms with Gasteiger partial charge in [-0.2, -0.15) is 0 Å². The van der Waals surface area contributed by atoms with Crippen LogP contribution in [-0.2, 0) is 12.8 Å². The highest BCUT2D eigenvalue weighted by Gasteiger charge is 2.42. The summed E-state index contributed by atoms with van der Waals surface area (Å²) in [5.41, 5.74) is 2.85. The molecule has 0 aliphatic heterocycles. The Morgan fingerprint density at radius 1 is 1.15 bits per heavy atom. The van der Waals surface area contributed by atoms with E-state index in [1.807, 2.05) is 12.1 Å².